The summed E-state index contributed by atoms with van der Waals surface area (Å²) < 4.78 is 42.7. The minimum atomic E-state index is -5.29. The molecule has 2 aliphatic rings. The smallest absolute Gasteiger partial charge is 0.393 e. The van der Waals surface area contributed by atoms with Gasteiger partial charge in [-0.3, -0.25) is 0 Å². The molecule has 5 aromatic rings. The Balaban J connectivity index is 1.83. The maximum atomic E-state index is 14.0. The summed E-state index contributed by atoms with van der Waals surface area (Å²) in [7, 11) is -10.2. The number of hydrogen-bond donors (Lipinski definition) is 2. The van der Waals surface area contributed by atoms with Crippen molar-refractivity contribution in [2.24, 2.45) is 0 Å². The molecule has 0 saturated heterocycles. The summed E-state index contributed by atoms with van der Waals surface area (Å²) in [4.78, 5) is 19.3. The lowest BCUT2D eigenvalue weighted by molar-refractivity contribution is 0.236. The van der Waals surface area contributed by atoms with Crippen molar-refractivity contribution in [2.45, 2.75) is 0 Å². The highest BCUT2D eigenvalue weighted by Gasteiger charge is 2.47. The summed E-state index contributed by atoms with van der Waals surface area (Å²) in [6.45, 7) is 0. The highest BCUT2D eigenvalue weighted by molar-refractivity contribution is 7.61. The Morgan fingerprint density at radius 1 is 0.513 bits per heavy atom. The molecule has 0 amide bonds. The zero-order chi connectivity index (χ0) is 27.0. The Hall–Kier alpha value is -3.96. The molecule has 0 atom stereocenters. The van der Waals surface area contributed by atoms with Crippen LogP contribution < -0.4 is 9.05 Å². The van der Waals surface area contributed by atoms with Crippen LogP contribution in [0.15, 0.2) is 121 Å². The van der Waals surface area contributed by atoms with Crippen LogP contribution in [0.25, 0.3) is 44.5 Å². The van der Waals surface area contributed by atoms with Crippen LogP contribution in [-0.4, -0.2) is 9.79 Å². The Kier molecular flexibility index (Phi) is 6.48. The molecule has 39 heavy (non-hydrogen) atoms. The Bertz CT molecular complexity index is 1520. The van der Waals surface area contributed by atoms with Gasteiger partial charge in [0.15, 0.2) is 0 Å². The molecule has 0 radical (unpaired) electrons. The normalized spacial score (nSPS) is 13.8. The summed E-state index contributed by atoms with van der Waals surface area (Å²) in [6, 6.07) is 37.5. The van der Waals surface area contributed by atoms with E-state index < -0.39 is 15.6 Å². The van der Waals surface area contributed by atoms with Gasteiger partial charge in [-0.05, 0) is 22.3 Å². The second kappa shape index (κ2) is 9.97. The summed E-state index contributed by atoms with van der Waals surface area (Å²) in [5, 5.41) is 0. The number of phosphoric acid groups is 2. The molecule has 194 valence electrons. The van der Waals surface area contributed by atoms with Gasteiger partial charge in [0.25, 0.3) is 0 Å². The molecule has 0 fully saturated rings. The number of benzene rings is 5. The third-order valence-electron chi connectivity index (χ3n) is 6.27. The van der Waals surface area contributed by atoms with Crippen LogP contribution >= 0.6 is 15.6 Å². The maximum Gasteiger partial charge on any atom is 0.596 e. The Labute approximate surface area is 225 Å². The topological polar surface area (TPSA) is 102 Å². The van der Waals surface area contributed by atoms with Crippen LogP contribution in [0, 0.1) is 0 Å². The molecule has 0 aromatic heterocycles. The summed E-state index contributed by atoms with van der Waals surface area (Å²) in [5.41, 5.74) is 5.17. The van der Waals surface area contributed by atoms with E-state index >= 15 is 0 Å². The highest BCUT2D eigenvalue weighted by atomic mass is 31.3. The van der Waals surface area contributed by atoms with Crippen molar-refractivity contribution in [3.8, 4) is 56.0 Å². The van der Waals surface area contributed by atoms with Crippen LogP contribution in [0.4, 0.5) is 0 Å². The standard InChI is InChI=1S/C30H22O7P2/c31-38(32,33)37-39(34)35-29-25(21-13-5-1-6-14-21)26(22-15-7-2-8-16-22)30(36-39)28(24-19-11-4-12-20-24)27(29)23-17-9-3-10-18-23/h1-20H,(H2,31,32,33). The van der Waals surface area contributed by atoms with Gasteiger partial charge in [0.05, 0.1) is 0 Å². The average molecular weight is 556 g/mol. The molecule has 7 rings (SSSR count). The first kappa shape index (κ1) is 25.3. The van der Waals surface area contributed by atoms with E-state index in [4.69, 9.17) is 13.4 Å². The highest BCUT2D eigenvalue weighted by Crippen LogP contribution is 2.69. The molecular weight excluding hydrogens is 534 g/mol. The third-order valence-corrected chi connectivity index (χ3v) is 8.73. The van der Waals surface area contributed by atoms with Crippen molar-refractivity contribution in [2.75, 3.05) is 0 Å². The summed E-state index contributed by atoms with van der Waals surface area (Å²) >= 11 is 0. The fourth-order valence-corrected chi connectivity index (χ4v) is 6.97. The van der Waals surface area contributed by atoms with Crippen molar-refractivity contribution >= 4 is 15.6 Å². The average Bonchev–Trinajstić information content (AvgIpc) is 3.14. The van der Waals surface area contributed by atoms with E-state index in [0.29, 0.717) is 22.3 Å². The van der Waals surface area contributed by atoms with E-state index in [1.165, 1.54) is 0 Å². The SMILES string of the molecule is O=P(O)(O)OP1(=O)Oc2c(-c3ccccc3)c(-c3ccccc3)c(c(-c3ccccc3)c2-c2ccccc2)O1. The molecular formula is C30H22O7P2. The van der Waals surface area contributed by atoms with E-state index in [1.54, 1.807) is 0 Å². The fraction of sp³-hybridized carbons (Fsp3) is 0. The predicted octanol–water partition coefficient (Wildman–Crippen LogP) is 8.34. The van der Waals surface area contributed by atoms with Gasteiger partial charge >= 0.3 is 15.6 Å². The van der Waals surface area contributed by atoms with Crippen LogP contribution in [0.2, 0.25) is 0 Å². The molecule has 7 nitrogen and oxygen atoms in total. The van der Waals surface area contributed by atoms with E-state index in [-0.39, 0.29) is 11.5 Å². The van der Waals surface area contributed by atoms with Crippen LogP contribution in [0.3, 0.4) is 0 Å². The van der Waals surface area contributed by atoms with E-state index in [2.05, 4.69) is 0 Å². The first-order valence-corrected chi connectivity index (χ1v) is 15.0. The molecule has 2 N–H and O–H groups in total. The van der Waals surface area contributed by atoms with Gasteiger partial charge in [-0.15, -0.1) is 0 Å². The lowest BCUT2D eigenvalue weighted by atomic mass is 9.83. The number of rotatable bonds is 6. The number of fused-ring (bicyclic) bond motifs is 4. The largest absolute Gasteiger partial charge is 0.596 e. The van der Waals surface area contributed by atoms with Crippen LogP contribution in [-0.2, 0) is 13.4 Å². The van der Waals surface area contributed by atoms with Gasteiger partial charge in [0.2, 0.25) is 0 Å². The van der Waals surface area contributed by atoms with Crippen molar-refractivity contribution in [3.05, 3.63) is 121 Å². The molecule has 9 heteroatoms. The van der Waals surface area contributed by atoms with Gasteiger partial charge in [-0.2, -0.15) is 4.31 Å². The summed E-state index contributed by atoms with van der Waals surface area (Å²) in [6.07, 6.45) is 0. The van der Waals surface area contributed by atoms with Crippen molar-refractivity contribution < 1.29 is 32.3 Å². The minimum absolute atomic E-state index is 0.128. The molecule has 0 aliphatic carbocycles. The van der Waals surface area contributed by atoms with E-state index in [0.717, 1.165) is 22.3 Å². The molecule has 0 spiro atoms. The van der Waals surface area contributed by atoms with Gasteiger partial charge in [0, 0.05) is 22.3 Å². The van der Waals surface area contributed by atoms with Crippen LogP contribution in [0.1, 0.15) is 0 Å². The zero-order valence-electron chi connectivity index (χ0n) is 20.4. The van der Waals surface area contributed by atoms with Crippen molar-refractivity contribution in [1.82, 2.24) is 0 Å². The van der Waals surface area contributed by atoms with Gasteiger partial charge in [0.1, 0.15) is 11.5 Å². The zero-order valence-corrected chi connectivity index (χ0v) is 22.2. The first-order valence-electron chi connectivity index (χ1n) is 12.0. The maximum absolute atomic E-state index is 14.0. The van der Waals surface area contributed by atoms with E-state index in [1.807, 2.05) is 121 Å². The monoisotopic (exact) mass is 556 g/mol. The molecule has 2 heterocycles. The molecule has 2 bridgehead atoms. The molecule has 0 saturated carbocycles. The lowest BCUT2D eigenvalue weighted by Gasteiger charge is -2.21. The third kappa shape index (κ3) is 4.95. The van der Waals surface area contributed by atoms with Gasteiger partial charge < -0.3 is 18.8 Å². The fourth-order valence-electron chi connectivity index (χ4n) is 4.81. The second-order valence-electron chi connectivity index (χ2n) is 8.82. The minimum Gasteiger partial charge on any atom is -0.393 e. The van der Waals surface area contributed by atoms with Crippen molar-refractivity contribution in [1.29, 1.82) is 0 Å². The quantitative estimate of drug-likeness (QED) is 0.203. The molecule has 5 aromatic carbocycles. The Morgan fingerprint density at radius 2 is 0.769 bits per heavy atom. The molecule has 0 unspecified atom stereocenters. The Morgan fingerprint density at radius 3 is 1.00 bits per heavy atom. The van der Waals surface area contributed by atoms with E-state index in [9.17, 15) is 18.9 Å². The van der Waals surface area contributed by atoms with Gasteiger partial charge in [-0.1, -0.05) is 121 Å². The number of phosphoric ester groups is 1. The van der Waals surface area contributed by atoms with Crippen LogP contribution in [0.5, 0.6) is 11.5 Å². The summed E-state index contributed by atoms with van der Waals surface area (Å²) in [5.74, 6) is 0.256. The number of hydrogen-bond acceptors (Lipinski definition) is 5. The van der Waals surface area contributed by atoms with Crippen molar-refractivity contribution in [3.63, 3.8) is 0 Å². The first-order chi connectivity index (χ1) is 18.8. The molecule has 2 aliphatic heterocycles. The van der Waals surface area contributed by atoms with Gasteiger partial charge in [-0.25, -0.2) is 9.13 Å². The second-order valence-corrected chi connectivity index (χ2v) is 11.7. The predicted molar refractivity (Wildman–Crippen MR) is 150 cm³/mol. The lowest BCUT2D eigenvalue weighted by Crippen LogP contribution is -2.01.